The van der Waals surface area contributed by atoms with Gasteiger partial charge in [0.25, 0.3) is 0 Å². The minimum atomic E-state index is -0.213. The van der Waals surface area contributed by atoms with E-state index in [1.54, 1.807) is 0 Å². The molecule has 1 aromatic rings. The molecule has 3 nitrogen and oxygen atoms in total. The van der Waals surface area contributed by atoms with Crippen LogP contribution in [0.3, 0.4) is 0 Å². The number of ether oxygens (including phenoxy) is 1. The van der Waals surface area contributed by atoms with E-state index in [2.05, 4.69) is 4.74 Å². The maximum Gasteiger partial charge on any atom is 0.309 e. The molecule has 0 saturated heterocycles. The van der Waals surface area contributed by atoms with Gasteiger partial charge in [-0.3, -0.25) is 4.79 Å². The Morgan fingerprint density at radius 2 is 2.00 bits per heavy atom. The largest absolute Gasteiger partial charge is 0.469 e. The van der Waals surface area contributed by atoms with Crippen molar-refractivity contribution in [3.63, 3.8) is 0 Å². The SMILES string of the molecule is COC(=O)Cc1ccccc1CCN. The monoisotopic (exact) mass is 193 g/mol. The molecule has 0 aliphatic rings. The van der Waals surface area contributed by atoms with Gasteiger partial charge in [0.2, 0.25) is 0 Å². The first kappa shape index (κ1) is 10.7. The number of benzene rings is 1. The average Bonchev–Trinajstić information content (AvgIpc) is 2.21. The van der Waals surface area contributed by atoms with E-state index < -0.39 is 0 Å². The van der Waals surface area contributed by atoms with Crippen molar-refractivity contribution < 1.29 is 9.53 Å². The molecule has 1 rings (SSSR count). The molecule has 0 unspecified atom stereocenters. The van der Waals surface area contributed by atoms with Crippen molar-refractivity contribution >= 4 is 5.97 Å². The van der Waals surface area contributed by atoms with Crippen LogP contribution >= 0.6 is 0 Å². The van der Waals surface area contributed by atoms with E-state index in [0.29, 0.717) is 13.0 Å². The fourth-order valence-electron chi connectivity index (χ4n) is 1.36. The van der Waals surface area contributed by atoms with Gasteiger partial charge >= 0.3 is 5.97 Å². The van der Waals surface area contributed by atoms with E-state index >= 15 is 0 Å². The van der Waals surface area contributed by atoms with E-state index in [1.165, 1.54) is 7.11 Å². The average molecular weight is 193 g/mol. The third kappa shape index (κ3) is 2.85. The van der Waals surface area contributed by atoms with Gasteiger partial charge in [-0.2, -0.15) is 0 Å². The lowest BCUT2D eigenvalue weighted by atomic mass is 10.0. The highest BCUT2D eigenvalue weighted by Gasteiger charge is 2.06. The predicted molar refractivity (Wildman–Crippen MR) is 54.9 cm³/mol. The molecule has 0 bridgehead atoms. The standard InChI is InChI=1S/C11H15NO2/c1-14-11(13)8-10-5-3-2-4-9(10)6-7-12/h2-5H,6-8,12H2,1H3. The highest BCUT2D eigenvalue weighted by molar-refractivity contribution is 5.72. The molecule has 76 valence electrons. The van der Waals surface area contributed by atoms with Crippen LogP contribution in [0, 0.1) is 0 Å². The first-order valence-electron chi connectivity index (χ1n) is 4.61. The summed E-state index contributed by atoms with van der Waals surface area (Å²) in [6, 6.07) is 7.79. The molecule has 0 spiro atoms. The summed E-state index contributed by atoms with van der Waals surface area (Å²) in [5.41, 5.74) is 7.61. The normalized spacial score (nSPS) is 9.86. The number of carbonyl (C=O) groups excluding carboxylic acids is 1. The Balaban J connectivity index is 2.78. The van der Waals surface area contributed by atoms with Crippen molar-refractivity contribution in [1.82, 2.24) is 0 Å². The van der Waals surface area contributed by atoms with Gasteiger partial charge in [-0.1, -0.05) is 24.3 Å². The van der Waals surface area contributed by atoms with Gasteiger partial charge in [0.05, 0.1) is 13.5 Å². The molecular formula is C11H15NO2. The van der Waals surface area contributed by atoms with Crippen molar-refractivity contribution in [1.29, 1.82) is 0 Å². The lowest BCUT2D eigenvalue weighted by Crippen LogP contribution is -2.09. The second-order valence-electron chi connectivity index (χ2n) is 3.06. The second kappa shape index (κ2) is 5.40. The molecule has 3 heteroatoms. The first-order chi connectivity index (χ1) is 6.77. The molecule has 0 amide bonds. The first-order valence-corrected chi connectivity index (χ1v) is 4.61. The molecule has 0 saturated carbocycles. The van der Waals surface area contributed by atoms with Crippen molar-refractivity contribution in [2.24, 2.45) is 5.73 Å². The zero-order chi connectivity index (χ0) is 10.4. The Bertz CT molecular complexity index is 310. The van der Waals surface area contributed by atoms with Gasteiger partial charge in [-0.25, -0.2) is 0 Å². The van der Waals surface area contributed by atoms with Crippen LogP contribution in [0.1, 0.15) is 11.1 Å². The Morgan fingerprint density at radius 1 is 1.36 bits per heavy atom. The summed E-state index contributed by atoms with van der Waals surface area (Å²) in [4.78, 5) is 11.1. The minimum absolute atomic E-state index is 0.213. The van der Waals surface area contributed by atoms with Crippen molar-refractivity contribution in [3.8, 4) is 0 Å². The van der Waals surface area contributed by atoms with Gasteiger partial charge in [0.15, 0.2) is 0 Å². The van der Waals surface area contributed by atoms with Crippen molar-refractivity contribution in [2.45, 2.75) is 12.8 Å². The van der Waals surface area contributed by atoms with Crippen LogP contribution in [0.2, 0.25) is 0 Å². The third-order valence-electron chi connectivity index (χ3n) is 2.09. The number of hydrogen-bond acceptors (Lipinski definition) is 3. The van der Waals surface area contributed by atoms with E-state index in [4.69, 9.17) is 5.73 Å². The summed E-state index contributed by atoms with van der Waals surface area (Å²) in [5.74, 6) is -0.213. The highest BCUT2D eigenvalue weighted by atomic mass is 16.5. The van der Waals surface area contributed by atoms with Gasteiger partial charge in [-0.15, -0.1) is 0 Å². The molecule has 1 aromatic carbocycles. The quantitative estimate of drug-likeness (QED) is 0.723. The van der Waals surface area contributed by atoms with E-state index in [0.717, 1.165) is 17.5 Å². The Labute approximate surface area is 83.9 Å². The molecule has 0 fully saturated rings. The summed E-state index contributed by atoms with van der Waals surface area (Å²) in [6.07, 6.45) is 1.12. The topological polar surface area (TPSA) is 52.3 Å². The molecule has 2 N–H and O–H groups in total. The van der Waals surface area contributed by atoms with E-state index in [9.17, 15) is 4.79 Å². The Kier molecular flexibility index (Phi) is 4.13. The smallest absolute Gasteiger partial charge is 0.309 e. The number of methoxy groups -OCH3 is 1. The number of nitrogens with two attached hydrogens (primary N) is 1. The van der Waals surface area contributed by atoms with Crippen LogP contribution in [0.15, 0.2) is 24.3 Å². The molecule has 0 radical (unpaired) electrons. The van der Waals surface area contributed by atoms with Crippen LogP contribution in [0.5, 0.6) is 0 Å². The summed E-state index contributed by atoms with van der Waals surface area (Å²) < 4.78 is 4.62. The van der Waals surface area contributed by atoms with Crippen molar-refractivity contribution in [2.75, 3.05) is 13.7 Å². The number of hydrogen-bond donors (Lipinski definition) is 1. The van der Waals surface area contributed by atoms with Gasteiger partial charge in [0.1, 0.15) is 0 Å². The molecule has 0 atom stereocenters. The zero-order valence-electron chi connectivity index (χ0n) is 8.32. The predicted octanol–water partition coefficient (Wildman–Crippen LogP) is 0.903. The second-order valence-corrected chi connectivity index (χ2v) is 3.06. The lowest BCUT2D eigenvalue weighted by molar-refractivity contribution is -0.139. The minimum Gasteiger partial charge on any atom is -0.469 e. The van der Waals surface area contributed by atoms with Crippen LogP contribution in [0.4, 0.5) is 0 Å². The van der Waals surface area contributed by atoms with Crippen LogP contribution in [0.25, 0.3) is 0 Å². The van der Waals surface area contributed by atoms with Gasteiger partial charge in [-0.05, 0) is 24.1 Å². The fraction of sp³-hybridized carbons (Fsp3) is 0.364. The summed E-state index contributed by atoms with van der Waals surface area (Å²) in [7, 11) is 1.40. The Hall–Kier alpha value is -1.35. The van der Waals surface area contributed by atoms with Crippen LogP contribution in [-0.4, -0.2) is 19.6 Å². The number of esters is 1. The number of rotatable bonds is 4. The zero-order valence-corrected chi connectivity index (χ0v) is 8.32. The highest BCUT2D eigenvalue weighted by Crippen LogP contribution is 2.10. The van der Waals surface area contributed by atoms with Crippen molar-refractivity contribution in [3.05, 3.63) is 35.4 Å². The molecule has 14 heavy (non-hydrogen) atoms. The third-order valence-corrected chi connectivity index (χ3v) is 2.09. The van der Waals surface area contributed by atoms with E-state index in [1.807, 2.05) is 24.3 Å². The lowest BCUT2D eigenvalue weighted by Gasteiger charge is -2.06. The summed E-state index contributed by atoms with van der Waals surface area (Å²) in [5, 5.41) is 0. The Morgan fingerprint density at radius 3 is 2.57 bits per heavy atom. The number of carbonyl (C=O) groups is 1. The molecular weight excluding hydrogens is 178 g/mol. The van der Waals surface area contributed by atoms with Crippen LogP contribution in [-0.2, 0) is 22.4 Å². The summed E-state index contributed by atoms with van der Waals surface area (Å²) in [6.45, 7) is 0.595. The molecule has 0 heterocycles. The van der Waals surface area contributed by atoms with Crippen LogP contribution < -0.4 is 5.73 Å². The fourth-order valence-corrected chi connectivity index (χ4v) is 1.36. The maximum atomic E-state index is 11.1. The maximum absolute atomic E-state index is 11.1. The summed E-state index contributed by atoms with van der Waals surface area (Å²) >= 11 is 0. The molecule has 0 aliphatic heterocycles. The van der Waals surface area contributed by atoms with Gasteiger partial charge in [0, 0.05) is 0 Å². The molecule has 0 aliphatic carbocycles. The van der Waals surface area contributed by atoms with Gasteiger partial charge < -0.3 is 10.5 Å². The van der Waals surface area contributed by atoms with E-state index in [-0.39, 0.29) is 5.97 Å². The molecule has 0 aromatic heterocycles.